The summed E-state index contributed by atoms with van der Waals surface area (Å²) in [5, 5.41) is 0. The third-order valence-corrected chi connectivity index (χ3v) is 4.54. The summed E-state index contributed by atoms with van der Waals surface area (Å²) in [7, 11) is 0. The Morgan fingerprint density at radius 2 is 1.32 bits per heavy atom. The lowest BCUT2D eigenvalue weighted by Gasteiger charge is -2.26. The monoisotopic (exact) mass is 373 g/mol. The summed E-state index contributed by atoms with van der Waals surface area (Å²) in [6, 6.07) is 23.7. The zero-order valence-corrected chi connectivity index (χ0v) is 16.3. The van der Waals surface area contributed by atoms with Crippen molar-refractivity contribution in [2.45, 2.75) is 26.9 Å². The molecule has 0 aromatic heterocycles. The van der Waals surface area contributed by atoms with Gasteiger partial charge in [-0.15, -0.1) is 0 Å². The molecule has 4 nitrogen and oxygen atoms in total. The van der Waals surface area contributed by atoms with Gasteiger partial charge in [-0.2, -0.15) is 0 Å². The Bertz CT molecular complexity index is 945. The summed E-state index contributed by atoms with van der Waals surface area (Å²) < 4.78 is 5.26. The molecule has 3 rings (SSSR count). The third-order valence-electron chi connectivity index (χ3n) is 4.54. The molecule has 0 fully saturated rings. The molecule has 4 heteroatoms. The number of esters is 1. The van der Waals surface area contributed by atoms with Crippen LogP contribution in [0.15, 0.2) is 72.8 Å². The van der Waals surface area contributed by atoms with E-state index >= 15 is 0 Å². The van der Waals surface area contributed by atoms with Crippen LogP contribution in [0.2, 0.25) is 0 Å². The van der Waals surface area contributed by atoms with Crippen molar-refractivity contribution in [3.63, 3.8) is 0 Å². The lowest BCUT2D eigenvalue weighted by Crippen LogP contribution is -2.10. The summed E-state index contributed by atoms with van der Waals surface area (Å²) in [6.45, 7) is 5.32. The molecule has 0 aliphatic heterocycles. The summed E-state index contributed by atoms with van der Waals surface area (Å²) in [4.78, 5) is 24.3. The van der Waals surface area contributed by atoms with Crippen LogP contribution in [0.3, 0.4) is 0 Å². The maximum atomic E-state index is 11.2. The van der Waals surface area contributed by atoms with Crippen LogP contribution in [0.5, 0.6) is 0 Å². The van der Waals surface area contributed by atoms with E-state index in [4.69, 9.17) is 4.74 Å². The molecule has 3 aromatic rings. The van der Waals surface area contributed by atoms with Gasteiger partial charge in [0.05, 0.1) is 0 Å². The molecule has 0 radical (unpaired) electrons. The van der Waals surface area contributed by atoms with Gasteiger partial charge < -0.3 is 9.64 Å². The number of carbonyl (C=O) groups excluding carboxylic acids is 2. The van der Waals surface area contributed by atoms with E-state index < -0.39 is 0 Å². The summed E-state index contributed by atoms with van der Waals surface area (Å²) in [5.41, 5.74) is 5.70. The second kappa shape index (κ2) is 8.53. The Labute approximate surface area is 165 Å². The molecule has 3 aromatic carbocycles. The number of anilines is 3. The van der Waals surface area contributed by atoms with Gasteiger partial charge in [0.1, 0.15) is 12.4 Å². The minimum Gasteiger partial charge on any atom is -0.458 e. The molecule has 0 heterocycles. The zero-order valence-electron chi connectivity index (χ0n) is 16.3. The molecule has 142 valence electrons. The van der Waals surface area contributed by atoms with Gasteiger partial charge in [0.25, 0.3) is 0 Å². The van der Waals surface area contributed by atoms with E-state index in [2.05, 4.69) is 36.1 Å². The third kappa shape index (κ3) is 4.46. The van der Waals surface area contributed by atoms with Gasteiger partial charge in [0, 0.05) is 29.5 Å². The quantitative estimate of drug-likeness (QED) is 0.398. The largest absolute Gasteiger partial charge is 0.458 e. The summed E-state index contributed by atoms with van der Waals surface area (Å²) >= 11 is 0. The van der Waals surface area contributed by atoms with Crippen molar-refractivity contribution in [3.8, 4) is 0 Å². The van der Waals surface area contributed by atoms with E-state index in [-0.39, 0.29) is 12.1 Å². The lowest BCUT2D eigenvalue weighted by molar-refractivity contribution is -0.145. The van der Waals surface area contributed by atoms with E-state index in [1.54, 1.807) is 12.1 Å². The Hall–Kier alpha value is -3.40. The van der Waals surface area contributed by atoms with Crippen molar-refractivity contribution in [1.29, 1.82) is 0 Å². The van der Waals surface area contributed by atoms with Gasteiger partial charge in [-0.3, -0.25) is 9.59 Å². The van der Waals surface area contributed by atoms with Crippen molar-refractivity contribution < 1.29 is 14.3 Å². The fourth-order valence-electron chi connectivity index (χ4n) is 3.05. The first kappa shape index (κ1) is 19.4. The average molecular weight is 373 g/mol. The first-order valence-corrected chi connectivity index (χ1v) is 9.17. The van der Waals surface area contributed by atoms with E-state index in [9.17, 15) is 9.59 Å². The van der Waals surface area contributed by atoms with E-state index in [0.717, 1.165) is 28.9 Å². The standard InChI is InChI=1S/C24H23NO3/c1-17-4-10-22(11-5-17)25(23-12-6-20(16-26)7-13-23)24-14-8-21(9-15-24)18(2)28-19(3)27/h4-16,18H,1-3H3. The molecule has 0 aliphatic carbocycles. The van der Waals surface area contributed by atoms with Crippen LogP contribution in [0, 0.1) is 6.92 Å². The molecule has 0 amide bonds. The highest BCUT2D eigenvalue weighted by Crippen LogP contribution is 2.35. The van der Waals surface area contributed by atoms with Crippen molar-refractivity contribution in [1.82, 2.24) is 0 Å². The van der Waals surface area contributed by atoms with Crippen molar-refractivity contribution in [3.05, 3.63) is 89.5 Å². The first-order valence-electron chi connectivity index (χ1n) is 9.17. The number of carbonyl (C=O) groups is 2. The predicted molar refractivity (Wildman–Crippen MR) is 111 cm³/mol. The van der Waals surface area contributed by atoms with Crippen LogP contribution in [-0.2, 0) is 9.53 Å². The van der Waals surface area contributed by atoms with Gasteiger partial charge in [0.15, 0.2) is 0 Å². The Kier molecular flexibility index (Phi) is 5.90. The fraction of sp³-hybridized carbons (Fsp3) is 0.167. The van der Waals surface area contributed by atoms with E-state index in [0.29, 0.717) is 5.56 Å². The number of hydrogen-bond acceptors (Lipinski definition) is 4. The van der Waals surface area contributed by atoms with Gasteiger partial charge in [-0.25, -0.2) is 0 Å². The highest BCUT2D eigenvalue weighted by Gasteiger charge is 2.14. The number of aldehydes is 1. The second-order valence-corrected chi connectivity index (χ2v) is 6.72. The molecular weight excluding hydrogens is 350 g/mol. The van der Waals surface area contributed by atoms with Gasteiger partial charge >= 0.3 is 5.97 Å². The minimum atomic E-state index is -0.300. The number of nitrogens with zero attached hydrogens (tertiary/aromatic N) is 1. The van der Waals surface area contributed by atoms with E-state index in [1.807, 2.05) is 43.3 Å². The Morgan fingerprint density at radius 1 is 0.857 bits per heavy atom. The minimum absolute atomic E-state index is 0.298. The molecule has 0 aliphatic rings. The van der Waals surface area contributed by atoms with Crippen LogP contribution >= 0.6 is 0 Å². The maximum Gasteiger partial charge on any atom is 0.303 e. The molecule has 0 saturated carbocycles. The number of aryl methyl sites for hydroxylation is 1. The van der Waals surface area contributed by atoms with Crippen LogP contribution < -0.4 is 4.90 Å². The van der Waals surface area contributed by atoms with Crippen LogP contribution in [0.4, 0.5) is 17.1 Å². The molecule has 0 N–H and O–H groups in total. The van der Waals surface area contributed by atoms with Crippen LogP contribution in [0.25, 0.3) is 0 Å². The average Bonchev–Trinajstić information content (AvgIpc) is 2.70. The van der Waals surface area contributed by atoms with Gasteiger partial charge in [-0.1, -0.05) is 29.8 Å². The van der Waals surface area contributed by atoms with Gasteiger partial charge in [0.2, 0.25) is 0 Å². The SMILES string of the molecule is CC(=O)OC(C)c1ccc(N(c2ccc(C)cc2)c2ccc(C=O)cc2)cc1. The first-order chi connectivity index (χ1) is 13.5. The molecule has 0 spiro atoms. The number of rotatable bonds is 6. The normalized spacial score (nSPS) is 11.5. The Balaban J connectivity index is 1.99. The number of ether oxygens (including phenoxy) is 1. The Morgan fingerprint density at radius 3 is 1.79 bits per heavy atom. The molecular formula is C24H23NO3. The maximum absolute atomic E-state index is 11.2. The van der Waals surface area contributed by atoms with E-state index in [1.165, 1.54) is 12.5 Å². The van der Waals surface area contributed by atoms with Gasteiger partial charge in [-0.05, 0) is 67.9 Å². The number of hydrogen-bond donors (Lipinski definition) is 0. The summed E-state index contributed by atoms with van der Waals surface area (Å²) in [6.07, 6.45) is 0.539. The van der Waals surface area contributed by atoms with Crippen molar-refractivity contribution in [2.24, 2.45) is 0 Å². The molecule has 1 unspecified atom stereocenters. The molecule has 28 heavy (non-hydrogen) atoms. The highest BCUT2D eigenvalue weighted by molar-refractivity contribution is 5.80. The highest BCUT2D eigenvalue weighted by atomic mass is 16.5. The molecule has 1 atom stereocenters. The zero-order chi connectivity index (χ0) is 20.1. The topological polar surface area (TPSA) is 46.6 Å². The smallest absolute Gasteiger partial charge is 0.303 e. The predicted octanol–water partition coefficient (Wildman–Crippen LogP) is 5.90. The second-order valence-electron chi connectivity index (χ2n) is 6.72. The molecule has 0 bridgehead atoms. The van der Waals surface area contributed by atoms with Crippen molar-refractivity contribution >= 4 is 29.3 Å². The lowest BCUT2D eigenvalue weighted by atomic mass is 10.1. The van der Waals surface area contributed by atoms with Crippen LogP contribution in [0.1, 0.15) is 41.4 Å². The van der Waals surface area contributed by atoms with Crippen LogP contribution in [-0.4, -0.2) is 12.3 Å². The molecule has 0 saturated heterocycles. The summed E-state index contributed by atoms with van der Waals surface area (Å²) in [5.74, 6) is -0.298. The number of benzene rings is 3. The fourth-order valence-corrected chi connectivity index (χ4v) is 3.05. The van der Waals surface area contributed by atoms with Crippen molar-refractivity contribution in [2.75, 3.05) is 4.90 Å².